The van der Waals surface area contributed by atoms with Crippen LogP contribution >= 0.6 is 0 Å². The van der Waals surface area contributed by atoms with E-state index in [4.69, 9.17) is 28.4 Å². The molecule has 4 rings (SSSR count). The number of hydrazone groups is 2. The summed E-state index contributed by atoms with van der Waals surface area (Å²) < 4.78 is 31.9. The maximum atomic E-state index is 12.5. The number of nitrogens with zero attached hydrogens (tertiary/aromatic N) is 2. The zero-order valence-corrected chi connectivity index (χ0v) is 29.8. The second-order valence-electron chi connectivity index (χ2n) is 11.2. The van der Waals surface area contributed by atoms with Crippen LogP contribution in [-0.2, 0) is 9.59 Å². The second kappa shape index (κ2) is 20.2. The van der Waals surface area contributed by atoms with Crippen LogP contribution in [-0.4, -0.2) is 64.6 Å². The maximum Gasteiger partial charge on any atom is 0.343 e. The Hall–Kier alpha value is -6.70. The van der Waals surface area contributed by atoms with Crippen molar-refractivity contribution in [3.8, 4) is 34.5 Å². The Morgan fingerprint density at radius 2 is 0.906 bits per heavy atom. The molecule has 0 aromatic heterocycles. The molecule has 4 aromatic carbocycles. The van der Waals surface area contributed by atoms with Crippen LogP contribution in [0.1, 0.15) is 63.9 Å². The molecule has 0 bridgehead atoms. The summed E-state index contributed by atoms with van der Waals surface area (Å²) in [7, 11) is 5.98. The van der Waals surface area contributed by atoms with Gasteiger partial charge in [-0.25, -0.2) is 20.4 Å². The summed E-state index contributed by atoms with van der Waals surface area (Å²) in [6.07, 6.45) is 5.13. The smallest absolute Gasteiger partial charge is 0.343 e. The lowest BCUT2D eigenvalue weighted by molar-refractivity contribution is -0.121. The van der Waals surface area contributed by atoms with E-state index < -0.39 is 11.9 Å². The molecule has 14 heteroatoms. The molecule has 2 N–H and O–H groups in total. The summed E-state index contributed by atoms with van der Waals surface area (Å²) in [5, 5.41) is 7.98. The Kier molecular flexibility index (Phi) is 14.9. The molecule has 0 atom stereocenters. The minimum Gasteiger partial charge on any atom is -0.497 e. The molecule has 0 heterocycles. The topological polar surface area (TPSA) is 172 Å². The molecule has 0 aliphatic rings. The molecule has 0 unspecified atom stereocenters. The van der Waals surface area contributed by atoms with Gasteiger partial charge in [0.1, 0.15) is 11.5 Å². The van der Waals surface area contributed by atoms with Crippen LogP contribution in [0.5, 0.6) is 34.5 Å². The standard InChI is InChI=1S/C39H40N4O10/c1-48-30-16-12-28(13-17-30)38(46)52-32-20-10-26(22-34(32)50-3)24-40-42-36(44)8-6-5-7-9-37(45)43-41-25-27-11-21-33(35(23-27)51-4)53-39(47)29-14-18-31(49-2)19-15-29/h10-25H,5-9H2,1-4H3,(H,42,44)(H,43,45)/b40-24-,41-25-. The van der Waals surface area contributed by atoms with E-state index in [1.165, 1.54) is 40.9 Å². The molecule has 0 fully saturated rings. The largest absolute Gasteiger partial charge is 0.497 e. The van der Waals surface area contributed by atoms with Crippen molar-refractivity contribution in [3.63, 3.8) is 0 Å². The number of unbranched alkanes of at least 4 members (excludes halogenated alkanes) is 2. The molecule has 53 heavy (non-hydrogen) atoms. The van der Waals surface area contributed by atoms with Gasteiger partial charge in [-0.1, -0.05) is 6.42 Å². The third-order valence-electron chi connectivity index (χ3n) is 7.55. The molecule has 0 radical (unpaired) electrons. The Morgan fingerprint density at radius 3 is 1.26 bits per heavy atom. The van der Waals surface area contributed by atoms with Crippen LogP contribution in [0.25, 0.3) is 0 Å². The third-order valence-corrected chi connectivity index (χ3v) is 7.55. The van der Waals surface area contributed by atoms with Crippen molar-refractivity contribution in [1.82, 2.24) is 10.9 Å². The summed E-state index contributed by atoms with van der Waals surface area (Å²) in [5.41, 5.74) is 6.89. The van der Waals surface area contributed by atoms with Gasteiger partial charge in [-0.15, -0.1) is 0 Å². The Morgan fingerprint density at radius 1 is 0.509 bits per heavy atom. The van der Waals surface area contributed by atoms with E-state index in [9.17, 15) is 19.2 Å². The lowest BCUT2D eigenvalue weighted by Gasteiger charge is -2.10. The minimum absolute atomic E-state index is 0.230. The van der Waals surface area contributed by atoms with Crippen molar-refractivity contribution >= 4 is 36.2 Å². The predicted molar refractivity (Wildman–Crippen MR) is 196 cm³/mol. The first-order valence-electron chi connectivity index (χ1n) is 16.4. The van der Waals surface area contributed by atoms with E-state index in [0.29, 0.717) is 64.5 Å². The summed E-state index contributed by atoms with van der Waals surface area (Å²) in [6.45, 7) is 0. The number of methoxy groups -OCH3 is 4. The van der Waals surface area contributed by atoms with Crippen LogP contribution in [0.3, 0.4) is 0 Å². The summed E-state index contributed by atoms with van der Waals surface area (Å²) in [6, 6.07) is 22.8. The van der Waals surface area contributed by atoms with Crippen LogP contribution in [0.4, 0.5) is 0 Å². The van der Waals surface area contributed by atoms with Crippen LogP contribution in [0.2, 0.25) is 0 Å². The van der Waals surface area contributed by atoms with E-state index in [1.807, 2.05) is 0 Å². The Labute approximate surface area is 306 Å². The molecule has 0 aliphatic heterocycles. The Bertz CT molecular complexity index is 1790. The summed E-state index contributed by atoms with van der Waals surface area (Å²) >= 11 is 0. The van der Waals surface area contributed by atoms with Gasteiger partial charge in [0.15, 0.2) is 23.0 Å². The van der Waals surface area contributed by atoms with Crippen molar-refractivity contribution in [2.24, 2.45) is 10.2 Å². The molecule has 14 nitrogen and oxygen atoms in total. The van der Waals surface area contributed by atoms with Gasteiger partial charge >= 0.3 is 11.9 Å². The second-order valence-corrected chi connectivity index (χ2v) is 11.2. The van der Waals surface area contributed by atoms with Crippen molar-refractivity contribution in [2.45, 2.75) is 32.1 Å². The van der Waals surface area contributed by atoms with E-state index >= 15 is 0 Å². The number of amides is 2. The van der Waals surface area contributed by atoms with Gasteiger partial charge in [0.25, 0.3) is 0 Å². The quantitative estimate of drug-likeness (QED) is 0.0426. The maximum absolute atomic E-state index is 12.5. The highest BCUT2D eigenvalue weighted by molar-refractivity contribution is 5.92. The van der Waals surface area contributed by atoms with Crippen molar-refractivity contribution in [1.29, 1.82) is 0 Å². The molecule has 0 saturated heterocycles. The molecular weight excluding hydrogens is 684 g/mol. The highest BCUT2D eigenvalue weighted by Gasteiger charge is 2.15. The zero-order valence-electron chi connectivity index (χ0n) is 29.8. The fourth-order valence-electron chi connectivity index (χ4n) is 4.69. The number of esters is 2. The highest BCUT2D eigenvalue weighted by atomic mass is 16.6. The van der Waals surface area contributed by atoms with Crippen molar-refractivity contribution in [2.75, 3.05) is 28.4 Å². The lowest BCUT2D eigenvalue weighted by atomic mass is 10.1. The molecule has 0 spiro atoms. The predicted octanol–water partition coefficient (Wildman–Crippen LogP) is 5.71. The number of nitrogens with one attached hydrogen (secondary N) is 2. The first kappa shape index (κ1) is 39.1. The minimum atomic E-state index is -0.553. The molecule has 0 aliphatic carbocycles. The third kappa shape index (κ3) is 12.2. The average molecular weight is 725 g/mol. The fourth-order valence-corrected chi connectivity index (χ4v) is 4.69. The molecular formula is C39H40N4O10. The number of ether oxygens (including phenoxy) is 6. The van der Waals surface area contributed by atoms with Gasteiger partial charge in [0, 0.05) is 12.8 Å². The van der Waals surface area contributed by atoms with E-state index in [0.717, 1.165) is 0 Å². The highest BCUT2D eigenvalue weighted by Crippen LogP contribution is 2.30. The van der Waals surface area contributed by atoms with Gasteiger partial charge < -0.3 is 28.4 Å². The SMILES string of the molecule is COc1ccc(C(=O)Oc2ccc(/C=N\NC(=O)CCCCCC(=O)N/N=C\c3ccc(OC(=O)c4ccc(OC)cc4)c(OC)c3)cc2OC)cc1. The molecule has 0 saturated carbocycles. The lowest BCUT2D eigenvalue weighted by Crippen LogP contribution is -2.18. The first-order chi connectivity index (χ1) is 25.7. The fraction of sp³-hybridized carbons (Fsp3) is 0.231. The monoisotopic (exact) mass is 724 g/mol. The van der Waals surface area contributed by atoms with Crippen LogP contribution in [0, 0.1) is 0 Å². The molecule has 2 amide bonds. The zero-order chi connectivity index (χ0) is 38.0. The van der Waals surface area contributed by atoms with Gasteiger partial charge in [0.2, 0.25) is 11.8 Å². The number of carbonyl (C=O) groups is 4. The van der Waals surface area contributed by atoms with Crippen LogP contribution < -0.4 is 39.3 Å². The number of hydrogen-bond acceptors (Lipinski definition) is 12. The van der Waals surface area contributed by atoms with Gasteiger partial charge in [-0.3, -0.25) is 9.59 Å². The number of rotatable bonds is 18. The Balaban J connectivity index is 1.13. The van der Waals surface area contributed by atoms with Gasteiger partial charge in [0.05, 0.1) is 52.0 Å². The normalized spacial score (nSPS) is 10.8. The first-order valence-corrected chi connectivity index (χ1v) is 16.4. The summed E-state index contributed by atoms with van der Waals surface area (Å²) in [4.78, 5) is 49.5. The molecule has 276 valence electrons. The average Bonchev–Trinajstić information content (AvgIpc) is 3.18. The van der Waals surface area contributed by atoms with Gasteiger partial charge in [-0.2, -0.15) is 10.2 Å². The van der Waals surface area contributed by atoms with Crippen molar-refractivity contribution < 1.29 is 47.6 Å². The summed E-state index contributed by atoms with van der Waals surface area (Å²) in [5.74, 6) is 0.681. The van der Waals surface area contributed by atoms with Crippen LogP contribution in [0.15, 0.2) is 95.1 Å². The number of benzene rings is 4. The number of hydrogen-bond donors (Lipinski definition) is 2. The van der Waals surface area contributed by atoms with E-state index in [2.05, 4.69) is 21.1 Å². The van der Waals surface area contributed by atoms with Crippen molar-refractivity contribution in [3.05, 3.63) is 107 Å². The van der Waals surface area contributed by atoms with E-state index in [1.54, 1.807) is 84.9 Å². The van der Waals surface area contributed by atoms with Gasteiger partial charge in [-0.05, 0) is 109 Å². The molecule has 4 aromatic rings. The number of carbonyl (C=O) groups excluding carboxylic acids is 4. The van der Waals surface area contributed by atoms with E-state index in [-0.39, 0.29) is 36.2 Å².